The molecule has 60 heavy (non-hydrogen) atoms. The van der Waals surface area contributed by atoms with Crippen LogP contribution in [0.2, 0.25) is 0 Å². The van der Waals surface area contributed by atoms with Gasteiger partial charge in [0, 0.05) is 29.0 Å². The van der Waals surface area contributed by atoms with E-state index in [9.17, 15) is 39.4 Å². The second kappa shape index (κ2) is 21.5. The third-order valence-electron chi connectivity index (χ3n) is 8.13. The number of carbonyl (C=O) groups is 4. The molecule has 21 heteroatoms. The molecule has 2 N–H and O–H groups in total. The molecule has 0 aliphatic rings. The third kappa shape index (κ3) is 14.0. The minimum absolute atomic E-state index is 0.0100. The molecule has 0 heterocycles. The lowest BCUT2D eigenvalue weighted by atomic mass is 10.1. The summed E-state index contributed by atoms with van der Waals surface area (Å²) in [5.41, 5.74) is 6.57. The molecule has 0 spiro atoms. The van der Waals surface area contributed by atoms with Crippen LogP contribution in [0.5, 0.6) is 23.0 Å². The number of nitrogens with zero attached hydrogens (tertiary/aromatic N) is 4. The van der Waals surface area contributed by atoms with Gasteiger partial charge in [-0.3, -0.25) is 9.59 Å². The fourth-order valence-corrected chi connectivity index (χ4v) is 5.14. The van der Waals surface area contributed by atoms with Gasteiger partial charge in [0.1, 0.15) is 51.8 Å². The van der Waals surface area contributed by atoms with E-state index in [1.807, 2.05) is 13.8 Å². The summed E-state index contributed by atoms with van der Waals surface area (Å²) >= 11 is 10.1. The van der Waals surface area contributed by atoms with Gasteiger partial charge in [-0.15, -0.1) is 20.2 Å². The number of azo groups is 1. The Kier molecular flexibility index (Phi) is 16.3. The predicted octanol–water partition coefficient (Wildman–Crippen LogP) is 7.33. The van der Waals surface area contributed by atoms with Crippen LogP contribution < -0.4 is 24.7 Å². The summed E-state index contributed by atoms with van der Waals surface area (Å²) < 4.78 is 21.9. The molecule has 312 valence electrons. The molecule has 0 aliphatic heterocycles. The van der Waals surface area contributed by atoms with Gasteiger partial charge in [0.05, 0.1) is 17.8 Å². The Labute approximate surface area is 351 Å². The monoisotopic (exact) mass is 861 g/mol. The molecular formula is C39H35N5O14S2. The molecule has 0 radical (unpaired) electrons. The quantitative estimate of drug-likeness (QED) is 0.0173. The van der Waals surface area contributed by atoms with Crippen LogP contribution in [0.25, 0.3) is 0 Å². The number of nitrogens with two attached hydrogens (primary N) is 1. The van der Waals surface area contributed by atoms with Crippen LogP contribution in [-0.4, -0.2) is 56.6 Å². The fourth-order valence-electron chi connectivity index (χ4n) is 4.87. The van der Waals surface area contributed by atoms with Crippen molar-refractivity contribution in [3.05, 3.63) is 127 Å². The Morgan fingerprint density at radius 3 is 1.58 bits per heavy atom. The van der Waals surface area contributed by atoms with Crippen LogP contribution in [0.3, 0.4) is 0 Å². The Bertz CT molecular complexity index is 2320. The second-order valence-electron chi connectivity index (χ2n) is 12.6. The highest BCUT2D eigenvalue weighted by Gasteiger charge is 2.25. The number of benzene rings is 4. The van der Waals surface area contributed by atoms with Crippen molar-refractivity contribution in [1.29, 1.82) is 0 Å². The third-order valence-corrected chi connectivity index (χ3v) is 8.60. The summed E-state index contributed by atoms with van der Waals surface area (Å²) in [6.45, 7) is 4.49. The van der Waals surface area contributed by atoms with Crippen LogP contribution >= 0.6 is 24.4 Å². The highest BCUT2D eigenvalue weighted by Crippen LogP contribution is 2.32. The Morgan fingerprint density at radius 1 is 0.700 bits per heavy atom. The molecule has 0 aromatic heterocycles. The van der Waals surface area contributed by atoms with Gasteiger partial charge < -0.3 is 34.4 Å². The maximum Gasteiger partial charge on any atom is 0.347 e. The molecule has 0 fully saturated rings. The van der Waals surface area contributed by atoms with Crippen LogP contribution in [0, 0.1) is 26.1 Å². The van der Waals surface area contributed by atoms with E-state index in [1.165, 1.54) is 54.6 Å². The van der Waals surface area contributed by atoms with E-state index >= 15 is 0 Å². The van der Waals surface area contributed by atoms with Crippen LogP contribution in [0.15, 0.2) is 95.2 Å². The Morgan fingerprint density at radius 2 is 1.17 bits per heavy atom. The minimum Gasteiger partial charge on any atom is -0.426 e. The summed E-state index contributed by atoms with van der Waals surface area (Å²) in [4.78, 5) is 83.2. The summed E-state index contributed by atoms with van der Waals surface area (Å²) in [6, 6.07) is 20.0. The molecule has 0 saturated heterocycles. The van der Waals surface area contributed by atoms with Gasteiger partial charge in [0.2, 0.25) is 0 Å². The molecule has 0 saturated carbocycles. The number of thiocarbonyl (C=S) groups is 2. The van der Waals surface area contributed by atoms with Crippen molar-refractivity contribution < 1.29 is 58.0 Å². The lowest BCUT2D eigenvalue weighted by molar-refractivity contribution is -0.789. The summed E-state index contributed by atoms with van der Waals surface area (Å²) in [5.74, 6) is -4.07. The maximum absolute atomic E-state index is 13.3. The van der Waals surface area contributed by atoms with E-state index in [-0.39, 0.29) is 57.1 Å². The van der Waals surface area contributed by atoms with E-state index in [0.717, 1.165) is 6.07 Å². The van der Waals surface area contributed by atoms with Gasteiger partial charge in [-0.25, -0.2) is 9.59 Å². The van der Waals surface area contributed by atoms with Crippen molar-refractivity contribution in [2.45, 2.75) is 46.1 Å². The SMILES string of the molecule is CCC(C)CC(=O)Oc1cc(N=Nc2ccc(C(=O)Oc3ccc(C(C)=S)cc3)c(OC(=O)CC(CO[N+](=O)[O-])O[N+](=O)[O-])c2)ccc1C(=O)Oc1ccc(C(N)=S)cc1. The Balaban J connectivity index is 1.66. The van der Waals surface area contributed by atoms with Crippen molar-refractivity contribution in [3.63, 3.8) is 0 Å². The first-order valence-corrected chi connectivity index (χ1v) is 18.5. The molecule has 4 aromatic rings. The van der Waals surface area contributed by atoms with Crippen molar-refractivity contribution in [3.8, 4) is 23.0 Å². The van der Waals surface area contributed by atoms with Crippen LogP contribution in [-0.2, 0) is 19.3 Å². The van der Waals surface area contributed by atoms with Crippen molar-refractivity contribution in [1.82, 2.24) is 0 Å². The van der Waals surface area contributed by atoms with Crippen LogP contribution in [0.1, 0.15) is 71.9 Å². The first-order chi connectivity index (χ1) is 28.5. The number of carbonyl (C=O) groups excluding carboxylic acids is 4. The molecule has 0 bridgehead atoms. The van der Waals surface area contributed by atoms with Gasteiger partial charge in [0.15, 0.2) is 0 Å². The Hall–Kier alpha value is -7.26. The molecule has 4 rings (SSSR count). The lowest BCUT2D eigenvalue weighted by Gasteiger charge is -2.14. The normalized spacial score (nSPS) is 11.7. The maximum atomic E-state index is 13.3. The molecule has 2 atom stereocenters. The lowest BCUT2D eigenvalue weighted by Crippen LogP contribution is -2.29. The van der Waals surface area contributed by atoms with E-state index in [4.69, 9.17) is 49.1 Å². The fraction of sp³-hybridized carbons (Fsp3) is 0.231. The highest BCUT2D eigenvalue weighted by molar-refractivity contribution is 7.81. The van der Waals surface area contributed by atoms with Gasteiger partial charge >= 0.3 is 23.9 Å². The molecule has 2 unspecified atom stereocenters. The average Bonchev–Trinajstić information content (AvgIpc) is 3.19. The number of rotatable bonds is 20. The van der Waals surface area contributed by atoms with Crippen molar-refractivity contribution in [2.24, 2.45) is 21.9 Å². The first kappa shape index (κ1) is 45.4. The average molecular weight is 862 g/mol. The molecular weight excluding hydrogens is 827 g/mol. The minimum atomic E-state index is -1.76. The topological polar surface area (TPSA) is 261 Å². The van der Waals surface area contributed by atoms with Crippen LogP contribution in [0.4, 0.5) is 11.4 Å². The van der Waals surface area contributed by atoms with Gasteiger partial charge in [0.25, 0.3) is 10.2 Å². The first-order valence-electron chi connectivity index (χ1n) is 17.7. The molecule has 0 aliphatic carbocycles. The predicted molar refractivity (Wildman–Crippen MR) is 218 cm³/mol. The summed E-state index contributed by atoms with van der Waals surface area (Å²) in [5, 5.41) is 27.4. The molecule has 0 amide bonds. The van der Waals surface area contributed by atoms with Crippen molar-refractivity contribution in [2.75, 3.05) is 6.61 Å². The number of hydrogen-bond donors (Lipinski definition) is 1. The van der Waals surface area contributed by atoms with E-state index < -0.39 is 58.9 Å². The zero-order valence-electron chi connectivity index (χ0n) is 32.0. The zero-order chi connectivity index (χ0) is 43.9. The van der Waals surface area contributed by atoms with Gasteiger partial charge in [-0.1, -0.05) is 56.8 Å². The van der Waals surface area contributed by atoms with E-state index in [0.29, 0.717) is 22.4 Å². The van der Waals surface area contributed by atoms with E-state index in [1.54, 1.807) is 31.2 Å². The summed E-state index contributed by atoms with van der Waals surface area (Å²) in [7, 11) is 0. The largest absolute Gasteiger partial charge is 0.426 e. The second-order valence-corrected chi connectivity index (χ2v) is 13.7. The molecule has 4 aromatic carbocycles. The zero-order valence-corrected chi connectivity index (χ0v) is 33.6. The number of esters is 4. The smallest absolute Gasteiger partial charge is 0.347 e. The number of hydrogen-bond acceptors (Lipinski definition) is 18. The highest BCUT2D eigenvalue weighted by atomic mass is 32.1. The van der Waals surface area contributed by atoms with Gasteiger partial charge in [-0.05, 0) is 79.1 Å². The van der Waals surface area contributed by atoms with E-state index in [2.05, 4.69) is 19.9 Å². The van der Waals surface area contributed by atoms with Gasteiger partial charge in [-0.2, -0.15) is 10.2 Å². The summed E-state index contributed by atoms with van der Waals surface area (Å²) in [6.07, 6.45) is -1.94. The standard InChI is InChI=1S/C39H35N5O14S2/c1-4-22(2)17-35(45)56-33-18-26(9-15-31(33)38(47)55-29-13-7-25(8-14-29)37(40)60)41-42-27-10-16-32(39(48)54-28-11-5-24(6-12-28)23(3)59)34(19-27)57-36(46)20-30(58-44(51)52)21-53-43(49)50/h5-16,18-19,22,30H,4,17,20-21H2,1-3H3,(H2,40,60). The molecule has 19 nitrogen and oxygen atoms in total. The van der Waals surface area contributed by atoms with Crippen molar-refractivity contribution >= 4 is 69.5 Å². The number of ether oxygens (including phenoxy) is 4.